The Balaban J connectivity index is 1.34. The molecule has 1 amide bonds. The highest BCUT2D eigenvalue weighted by Crippen LogP contribution is 2.24. The molecule has 0 spiro atoms. The second-order valence-electron chi connectivity index (χ2n) is 7.31. The van der Waals surface area contributed by atoms with Gasteiger partial charge in [-0.2, -0.15) is 10.2 Å². The molecule has 0 bridgehead atoms. The minimum Gasteiger partial charge on any atom is -0.370 e. The van der Waals surface area contributed by atoms with Crippen LogP contribution in [-0.2, 0) is 11.3 Å². The Kier molecular flexibility index (Phi) is 5.36. The minimum atomic E-state index is -0.270. The van der Waals surface area contributed by atoms with Gasteiger partial charge in [0.05, 0.1) is 24.6 Å². The number of carbonyl (C=O) groups is 1. The third-order valence-corrected chi connectivity index (χ3v) is 5.33. The normalized spacial score (nSPS) is 14.0. The third-order valence-electron chi connectivity index (χ3n) is 5.33. The van der Waals surface area contributed by atoms with Gasteiger partial charge in [-0.3, -0.25) is 4.79 Å². The first kappa shape index (κ1) is 19.2. The van der Waals surface area contributed by atoms with Crippen molar-refractivity contribution in [3.63, 3.8) is 0 Å². The first-order valence-corrected chi connectivity index (χ1v) is 9.56. The summed E-state index contributed by atoms with van der Waals surface area (Å²) in [5.41, 5.74) is 5.08. The summed E-state index contributed by atoms with van der Waals surface area (Å²) in [5.74, 6) is -0.303. The van der Waals surface area contributed by atoms with Crippen LogP contribution in [-0.4, -0.2) is 40.2 Å². The lowest BCUT2D eigenvalue weighted by Gasteiger charge is -2.39. The van der Waals surface area contributed by atoms with Crippen molar-refractivity contribution in [3.05, 3.63) is 82.8 Å². The summed E-state index contributed by atoms with van der Waals surface area (Å²) >= 11 is 0. The van der Waals surface area contributed by atoms with E-state index in [4.69, 9.17) is 4.74 Å². The molecule has 2 aromatic carbocycles. The predicted octanol–water partition coefficient (Wildman–Crippen LogP) is 3.94. The molecular weight excluding hydrogens is 369 g/mol. The van der Waals surface area contributed by atoms with E-state index in [9.17, 15) is 9.18 Å². The van der Waals surface area contributed by atoms with E-state index in [0.717, 1.165) is 22.4 Å². The van der Waals surface area contributed by atoms with Gasteiger partial charge >= 0.3 is 0 Å². The van der Waals surface area contributed by atoms with E-state index in [0.29, 0.717) is 24.2 Å². The number of aromatic nitrogens is 2. The molecule has 1 aliphatic heterocycles. The van der Waals surface area contributed by atoms with Crippen LogP contribution in [0, 0.1) is 19.7 Å². The average molecular weight is 391 g/mol. The van der Waals surface area contributed by atoms with Gasteiger partial charge in [0.25, 0.3) is 5.91 Å². The van der Waals surface area contributed by atoms with Crippen molar-refractivity contribution in [1.82, 2.24) is 15.1 Å². The van der Waals surface area contributed by atoms with Crippen LogP contribution in [0.1, 0.15) is 27.0 Å². The van der Waals surface area contributed by atoms with Crippen LogP contribution in [0.15, 0.2) is 54.7 Å². The highest BCUT2D eigenvalue weighted by Gasteiger charge is 2.32. The lowest BCUT2D eigenvalue weighted by atomic mass is 10.0. The van der Waals surface area contributed by atoms with Crippen LogP contribution in [0.2, 0.25) is 0 Å². The lowest BCUT2D eigenvalue weighted by molar-refractivity contribution is -0.0509. The predicted molar refractivity (Wildman–Crippen MR) is 108 cm³/mol. The number of aryl methyl sites for hydroxylation is 1. The van der Waals surface area contributed by atoms with E-state index < -0.39 is 0 Å². The van der Waals surface area contributed by atoms with Gasteiger partial charge in [0.2, 0.25) is 0 Å². The average Bonchev–Trinajstić information content (AvgIpc) is 2.70. The molecule has 1 saturated heterocycles. The Morgan fingerprint density at radius 2 is 1.86 bits per heavy atom. The first-order valence-electron chi connectivity index (χ1n) is 9.56. The molecular formula is C23H22FN3O2. The summed E-state index contributed by atoms with van der Waals surface area (Å²) in [6.07, 6.45) is 1.67. The number of hydrogen-bond acceptors (Lipinski definition) is 4. The Labute approximate surface area is 169 Å². The largest absolute Gasteiger partial charge is 0.370 e. The molecule has 0 unspecified atom stereocenters. The zero-order chi connectivity index (χ0) is 20.4. The second-order valence-corrected chi connectivity index (χ2v) is 7.31. The summed E-state index contributed by atoms with van der Waals surface area (Å²) in [7, 11) is 0. The Bertz CT molecular complexity index is 1030. The van der Waals surface area contributed by atoms with E-state index >= 15 is 0 Å². The fraction of sp³-hybridized carbons (Fsp3) is 0.261. The molecule has 1 aromatic heterocycles. The molecule has 0 atom stereocenters. The third kappa shape index (κ3) is 4.03. The van der Waals surface area contributed by atoms with Gasteiger partial charge in [0.1, 0.15) is 5.82 Å². The van der Waals surface area contributed by atoms with Gasteiger partial charge in [-0.25, -0.2) is 4.39 Å². The summed E-state index contributed by atoms with van der Waals surface area (Å²) in [4.78, 5) is 14.4. The SMILES string of the molecule is Cc1cnnc(-c2ccc(C(=O)N3CC(OCc4ccccc4F)C3)cc2)c1C. The number of benzene rings is 2. The van der Waals surface area contributed by atoms with Crippen molar-refractivity contribution in [2.75, 3.05) is 13.1 Å². The maximum absolute atomic E-state index is 13.6. The summed E-state index contributed by atoms with van der Waals surface area (Å²) in [5, 5.41) is 8.24. The Hall–Kier alpha value is -3.12. The van der Waals surface area contributed by atoms with E-state index in [1.54, 1.807) is 29.3 Å². The maximum atomic E-state index is 13.6. The number of halogens is 1. The molecule has 3 aromatic rings. The zero-order valence-corrected chi connectivity index (χ0v) is 16.4. The van der Waals surface area contributed by atoms with E-state index in [2.05, 4.69) is 10.2 Å². The van der Waals surface area contributed by atoms with Crippen LogP contribution < -0.4 is 0 Å². The smallest absolute Gasteiger partial charge is 0.254 e. The summed E-state index contributed by atoms with van der Waals surface area (Å²) in [6.45, 7) is 5.25. The molecule has 4 rings (SSSR count). The molecule has 0 saturated carbocycles. The maximum Gasteiger partial charge on any atom is 0.254 e. The Morgan fingerprint density at radius 1 is 1.14 bits per heavy atom. The van der Waals surface area contributed by atoms with Crippen molar-refractivity contribution < 1.29 is 13.9 Å². The number of amides is 1. The molecule has 148 valence electrons. The monoisotopic (exact) mass is 391 g/mol. The summed E-state index contributed by atoms with van der Waals surface area (Å²) < 4.78 is 19.4. The molecule has 0 radical (unpaired) electrons. The van der Waals surface area contributed by atoms with E-state index in [1.807, 2.05) is 38.1 Å². The van der Waals surface area contributed by atoms with Crippen molar-refractivity contribution in [2.45, 2.75) is 26.6 Å². The lowest BCUT2D eigenvalue weighted by Crippen LogP contribution is -2.54. The van der Waals surface area contributed by atoms with Crippen LogP contribution in [0.4, 0.5) is 4.39 Å². The van der Waals surface area contributed by atoms with Crippen LogP contribution in [0.5, 0.6) is 0 Å². The van der Waals surface area contributed by atoms with E-state index in [1.165, 1.54) is 6.07 Å². The number of likely N-dealkylation sites (tertiary alicyclic amines) is 1. The number of rotatable bonds is 5. The van der Waals surface area contributed by atoms with Gasteiger partial charge in [0, 0.05) is 29.8 Å². The van der Waals surface area contributed by atoms with Gasteiger partial charge in [-0.15, -0.1) is 0 Å². The minimum absolute atomic E-state index is 0.0330. The standard InChI is InChI=1S/C23H22FN3O2/c1-15-11-25-26-22(16(15)2)17-7-9-18(10-8-17)23(28)27-12-20(13-27)29-14-19-5-3-4-6-21(19)24/h3-11,20H,12-14H2,1-2H3. The van der Waals surface area contributed by atoms with Crippen molar-refractivity contribution in [3.8, 4) is 11.3 Å². The van der Waals surface area contributed by atoms with Crippen LogP contribution in [0.3, 0.4) is 0 Å². The fourth-order valence-electron chi connectivity index (χ4n) is 3.29. The van der Waals surface area contributed by atoms with Gasteiger partial charge < -0.3 is 9.64 Å². The zero-order valence-electron chi connectivity index (χ0n) is 16.4. The van der Waals surface area contributed by atoms with Crippen molar-refractivity contribution in [2.24, 2.45) is 0 Å². The van der Waals surface area contributed by atoms with Crippen molar-refractivity contribution in [1.29, 1.82) is 0 Å². The summed E-state index contributed by atoms with van der Waals surface area (Å²) in [6, 6.07) is 14.0. The van der Waals surface area contributed by atoms with Gasteiger partial charge in [-0.1, -0.05) is 30.3 Å². The first-order chi connectivity index (χ1) is 14.0. The topological polar surface area (TPSA) is 55.3 Å². The molecule has 2 heterocycles. The number of nitrogens with zero attached hydrogens (tertiary/aromatic N) is 3. The van der Waals surface area contributed by atoms with Crippen LogP contribution in [0.25, 0.3) is 11.3 Å². The molecule has 1 fully saturated rings. The second kappa shape index (κ2) is 8.09. The van der Waals surface area contributed by atoms with Crippen LogP contribution >= 0.6 is 0 Å². The number of carbonyl (C=O) groups excluding carboxylic acids is 1. The van der Waals surface area contributed by atoms with E-state index in [-0.39, 0.29) is 24.4 Å². The van der Waals surface area contributed by atoms with Gasteiger partial charge in [-0.05, 0) is 43.2 Å². The Morgan fingerprint density at radius 3 is 2.59 bits per heavy atom. The molecule has 0 aliphatic carbocycles. The number of hydrogen-bond donors (Lipinski definition) is 0. The highest BCUT2D eigenvalue weighted by atomic mass is 19.1. The quantitative estimate of drug-likeness (QED) is 0.661. The van der Waals surface area contributed by atoms with Gasteiger partial charge in [0.15, 0.2) is 0 Å². The number of ether oxygens (including phenoxy) is 1. The molecule has 0 N–H and O–H groups in total. The molecule has 1 aliphatic rings. The highest BCUT2D eigenvalue weighted by molar-refractivity contribution is 5.95. The molecule has 6 heteroatoms. The van der Waals surface area contributed by atoms with Crippen molar-refractivity contribution >= 4 is 5.91 Å². The molecule has 29 heavy (non-hydrogen) atoms. The molecule has 5 nitrogen and oxygen atoms in total. The fourth-order valence-corrected chi connectivity index (χ4v) is 3.29.